The summed E-state index contributed by atoms with van der Waals surface area (Å²) in [6.45, 7) is 0.460. The number of rotatable bonds is 9. The quantitative estimate of drug-likeness (QED) is 0.315. The predicted octanol–water partition coefficient (Wildman–Crippen LogP) is 5.67. The third-order valence-electron chi connectivity index (χ3n) is 5.63. The number of para-hydroxylation sites is 1. The fraction of sp³-hybridized carbons (Fsp3) is 0.143. The zero-order valence-electron chi connectivity index (χ0n) is 18.8. The molecule has 2 aromatic heterocycles. The van der Waals surface area contributed by atoms with Crippen molar-refractivity contribution in [3.05, 3.63) is 113 Å². The van der Waals surface area contributed by atoms with Crippen LogP contribution in [0.4, 0.5) is 0 Å². The maximum absolute atomic E-state index is 5.95. The van der Waals surface area contributed by atoms with Gasteiger partial charge >= 0.3 is 0 Å². The number of nitrogens with zero attached hydrogens (tertiary/aromatic N) is 4. The monoisotopic (exact) mass is 447 g/mol. The van der Waals surface area contributed by atoms with Gasteiger partial charge in [0.25, 0.3) is 0 Å². The van der Waals surface area contributed by atoms with Crippen molar-refractivity contribution in [2.24, 2.45) is 0 Å². The molecular formula is C28H25N5O. The summed E-state index contributed by atoms with van der Waals surface area (Å²) in [7, 11) is 0. The van der Waals surface area contributed by atoms with Crippen molar-refractivity contribution in [2.45, 2.75) is 25.9 Å². The van der Waals surface area contributed by atoms with Gasteiger partial charge in [-0.2, -0.15) is 5.21 Å². The molecule has 0 fully saturated rings. The van der Waals surface area contributed by atoms with Crippen molar-refractivity contribution >= 4 is 23.1 Å². The van der Waals surface area contributed by atoms with Crippen LogP contribution in [0.15, 0.2) is 84.9 Å². The van der Waals surface area contributed by atoms with Gasteiger partial charge in [-0.3, -0.25) is 0 Å². The third kappa shape index (κ3) is 5.72. The van der Waals surface area contributed by atoms with Gasteiger partial charge in [-0.05, 0) is 71.5 Å². The smallest absolute Gasteiger partial charge is 0.197 e. The second-order valence-corrected chi connectivity index (χ2v) is 8.13. The SMILES string of the molecule is C(=Cc1nn[nH]n1)c1cccc(CCCc2ccc(OCc3ccc4ccccc4n3)cc2)c1. The van der Waals surface area contributed by atoms with Gasteiger partial charge in [-0.1, -0.05) is 66.7 Å². The standard InChI is InChI=1S/C28H25N5O/c1-2-10-27-24(9-1)14-15-25(29-27)20-34-26-16-11-21(12-17-26)5-3-6-22-7-4-8-23(19-22)13-18-28-30-32-33-31-28/h1-2,4,7-19H,3,5-6,20H2,(H,30,31,32,33). The lowest BCUT2D eigenvalue weighted by atomic mass is 10.0. The Hall–Kier alpha value is -4.32. The Morgan fingerprint density at radius 2 is 1.68 bits per heavy atom. The molecule has 6 heteroatoms. The van der Waals surface area contributed by atoms with Crippen LogP contribution in [0.5, 0.6) is 5.75 Å². The maximum Gasteiger partial charge on any atom is 0.197 e. The van der Waals surface area contributed by atoms with Crippen LogP contribution < -0.4 is 4.74 Å². The Bertz CT molecular complexity index is 1380. The normalized spacial score (nSPS) is 11.3. The highest BCUT2D eigenvalue weighted by Crippen LogP contribution is 2.18. The summed E-state index contributed by atoms with van der Waals surface area (Å²) in [5.41, 5.74) is 5.68. The zero-order chi connectivity index (χ0) is 23.0. The van der Waals surface area contributed by atoms with Crippen LogP contribution in [-0.2, 0) is 19.4 Å². The van der Waals surface area contributed by atoms with Crippen LogP contribution in [0.2, 0.25) is 0 Å². The van der Waals surface area contributed by atoms with Gasteiger partial charge in [0.2, 0.25) is 0 Å². The minimum absolute atomic E-state index is 0.460. The highest BCUT2D eigenvalue weighted by Gasteiger charge is 2.02. The molecule has 0 aliphatic carbocycles. The molecule has 5 rings (SSSR count). The van der Waals surface area contributed by atoms with Crippen LogP contribution in [0, 0.1) is 0 Å². The zero-order valence-corrected chi connectivity index (χ0v) is 18.8. The minimum Gasteiger partial charge on any atom is -0.487 e. The highest BCUT2D eigenvalue weighted by atomic mass is 16.5. The summed E-state index contributed by atoms with van der Waals surface area (Å²) >= 11 is 0. The molecular weight excluding hydrogens is 422 g/mol. The Labute approximate surface area is 198 Å². The van der Waals surface area contributed by atoms with E-state index in [1.807, 2.05) is 48.6 Å². The number of pyridine rings is 1. The summed E-state index contributed by atoms with van der Waals surface area (Å²) in [6.07, 6.45) is 6.98. The Kier molecular flexibility index (Phi) is 6.67. The third-order valence-corrected chi connectivity index (χ3v) is 5.63. The molecule has 5 aromatic rings. The maximum atomic E-state index is 5.95. The van der Waals surface area contributed by atoms with Crippen molar-refractivity contribution in [3.8, 4) is 5.75 Å². The Morgan fingerprint density at radius 3 is 2.56 bits per heavy atom. The van der Waals surface area contributed by atoms with Crippen molar-refractivity contribution < 1.29 is 4.74 Å². The van der Waals surface area contributed by atoms with Crippen molar-refractivity contribution in [2.75, 3.05) is 0 Å². The van der Waals surface area contributed by atoms with E-state index in [2.05, 4.69) is 74.1 Å². The molecule has 0 amide bonds. The number of H-pyrrole nitrogens is 1. The fourth-order valence-electron chi connectivity index (χ4n) is 3.86. The highest BCUT2D eigenvalue weighted by molar-refractivity contribution is 5.78. The summed E-state index contributed by atoms with van der Waals surface area (Å²) in [5, 5.41) is 15.0. The van der Waals surface area contributed by atoms with E-state index in [1.165, 1.54) is 11.1 Å². The van der Waals surface area contributed by atoms with Crippen LogP contribution in [-0.4, -0.2) is 25.6 Å². The lowest BCUT2D eigenvalue weighted by Crippen LogP contribution is -1.98. The number of benzene rings is 3. The van der Waals surface area contributed by atoms with E-state index < -0.39 is 0 Å². The molecule has 0 radical (unpaired) electrons. The van der Waals surface area contributed by atoms with Gasteiger partial charge in [-0.25, -0.2) is 4.98 Å². The molecule has 0 aliphatic rings. The molecule has 2 heterocycles. The number of nitrogens with one attached hydrogen (secondary N) is 1. The number of ether oxygens (including phenoxy) is 1. The van der Waals surface area contributed by atoms with Crippen molar-refractivity contribution in [1.29, 1.82) is 0 Å². The molecule has 6 nitrogen and oxygen atoms in total. The van der Waals surface area contributed by atoms with Gasteiger partial charge in [-0.15, -0.1) is 10.2 Å². The average Bonchev–Trinajstić information content (AvgIpc) is 3.41. The predicted molar refractivity (Wildman–Crippen MR) is 134 cm³/mol. The van der Waals surface area contributed by atoms with E-state index in [1.54, 1.807) is 0 Å². The van der Waals surface area contributed by atoms with Gasteiger partial charge in [0.15, 0.2) is 5.82 Å². The molecule has 0 atom stereocenters. The Balaban J connectivity index is 1.10. The number of hydrogen-bond donors (Lipinski definition) is 1. The second kappa shape index (κ2) is 10.5. The van der Waals surface area contributed by atoms with E-state index in [-0.39, 0.29) is 0 Å². The van der Waals surface area contributed by atoms with Gasteiger partial charge in [0, 0.05) is 5.39 Å². The first-order valence-electron chi connectivity index (χ1n) is 11.4. The summed E-state index contributed by atoms with van der Waals surface area (Å²) in [5.74, 6) is 1.44. The molecule has 34 heavy (non-hydrogen) atoms. The lowest BCUT2D eigenvalue weighted by molar-refractivity contribution is 0.301. The molecule has 1 N–H and O–H groups in total. The number of aromatic amines is 1. The van der Waals surface area contributed by atoms with E-state index in [0.717, 1.165) is 47.2 Å². The molecule has 168 valence electrons. The van der Waals surface area contributed by atoms with Crippen molar-refractivity contribution in [1.82, 2.24) is 25.6 Å². The number of hydrogen-bond acceptors (Lipinski definition) is 5. The van der Waals surface area contributed by atoms with Gasteiger partial charge in [0.05, 0.1) is 11.2 Å². The topological polar surface area (TPSA) is 76.6 Å². The molecule has 0 saturated heterocycles. The molecule has 0 aliphatic heterocycles. The summed E-state index contributed by atoms with van der Waals surface area (Å²) < 4.78 is 5.95. The molecule has 0 saturated carbocycles. The Morgan fingerprint density at radius 1 is 0.794 bits per heavy atom. The van der Waals surface area contributed by atoms with E-state index in [4.69, 9.17) is 4.74 Å². The van der Waals surface area contributed by atoms with E-state index >= 15 is 0 Å². The van der Waals surface area contributed by atoms with Crippen LogP contribution in [0.1, 0.15) is 34.6 Å². The largest absolute Gasteiger partial charge is 0.487 e. The number of fused-ring (bicyclic) bond motifs is 1. The lowest BCUT2D eigenvalue weighted by Gasteiger charge is -2.08. The second-order valence-electron chi connectivity index (χ2n) is 8.13. The number of aryl methyl sites for hydroxylation is 2. The molecule has 0 unspecified atom stereocenters. The van der Waals surface area contributed by atoms with Crippen LogP contribution in [0.3, 0.4) is 0 Å². The molecule has 0 spiro atoms. The van der Waals surface area contributed by atoms with Crippen molar-refractivity contribution in [3.63, 3.8) is 0 Å². The van der Waals surface area contributed by atoms with E-state index in [9.17, 15) is 0 Å². The minimum atomic E-state index is 0.460. The molecule has 3 aromatic carbocycles. The first-order valence-corrected chi connectivity index (χ1v) is 11.4. The average molecular weight is 448 g/mol. The summed E-state index contributed by atoms with van der Waals surface area (Å²) in [4.78, 5) is 4.67. The van der Waals surface area contributed by atoms with Crippen LogP contribution >= 0.6 is 0 Å². The number of aromatic nitrogens is 5. The van der Waals surface area contributed by atoms with Gasteiger partial charge in [0.1, 0.15) is 12.4 Å². The number of tetrazole rings is 1. The van der Waals surface area contributed by atoms with Crippen LogP contribution in [0.25, 0.3) is 23.1 Å². The van der Waals surface area contributed by atoms with E-state index in [0.29, 0.717) is 12.4 Å². The van der Waals surface area contributed by atoms with Gasteiger partial charge < -0.3 is 4.74 Å². The molecule has 0 bridgehead atoms. The first kappa shape index (κ1) is 21.5. The summed E-state index contributed by atoms with van der Waals surface area (Å²) in [6, 6.07) is 29.1. The fourth-order valence-corrected chi connectivity index (χ4v) is 3.86. The first-order chi connectivity index (χ1) is 16.8.